The lowest BCUT2D eigenvalue weighted by molar-refractivity contribution is -0.143. The number of aryl methyl sites for hydroxylation is 1. The van der Waals surface area contributed by atoms with Gasteiger partial charge in [0.05, 0.1) is 12.7 Å². The number of rotatable bonds is 8. The van der Waals surface area contributed by atoms with Gasteiger partial charge < -0.3 is 19.3 Å². The van der Waals surface area contributed by atoms with E-state index in [0.717, 1.165) is 22.3 Å². The largest absolute Gasteiger partial charge is 0.507 e. The summed E-state index contributed by atoms with van der Waals surface area (Å²) in [4.78, 5) is 12.6. The summed E-state index contributed by atoms with van der Waals surface area (Å²) in [6.07, 6.45) is 1.37. The van der Waals surface area contributed by atoms with Crippen molar-refractivity contribution < 1.29 is 24.1 Å². The molecule has 2 rings (SSSR count). The number of esters is 1. The van der Waals surface area contributed by atoms with Gasteiger partial charge in [-0.2, -0.15) is 0 Å². The number of hydrogen-bond donors (Lipinski definition) is 1. The van der Waals surface area contributed by atoms with Gasteiger partial charge in [-0.1, -0.05) is 53.7 Å². The van der Waals surface area contributed by atoms with Crippen LogP contribution < -0.4 is 9.47 Å². The van der Waals surface area contributed by atoms with E-state index in [1.165, 1.54) is 0 Å². The Bertz CT molecular complexity index is 1030. The predicted octanol–water partition coefficient (Wildman–Crippen LogP) is 7.86. The summed E-state index contributed by atoms with van der Waals surface area (Å²) < 4.78 is 17.6. The first-order valence-corrected chi connectivity index (χ1v) is 13.6. The highest BCUT2D eigenvalue weighted by Gasteiger charge is 2.26. The van der Waals surface area contributed by atoms with E-state index in [9.17, 15) is 9.90 Å². The molecule has 0 heterocycles. The fourth-order valence-corrected chi connectivity index (χ4v) is 4.07. The van der Waals surface area contributed by atoms with Crippen LogP contribution in [0, 0.1) is 6.07 Å². The highest BCUT2D eigenvalue weighted by Crippen LogP contribution is 2.40. The van der Waals surface area contributed by atoms with Crippen LogP contribution in [-0.4, -0.2) is 28.9 Å². The first-order chi connectivity index (χ1) is 17.1. The van der Waals surface area contributed by atoms with Crippen LogP contribution in [0.5, 0.6) is 17.2 Å². The molecule has 0 aliphatic rings. The molecule has 0 bridgehead atoms. The van der Waals surface area contributed by atoms with E-state index in [-0.39, 0.29) is 41.0 Å². The summed E-state index contributed by atoms with van der Waals surface area (Å²) in [5.41, 5.74) is 2.63. The van der Waals surface area contributed by atoms with Gasteiger partial charge in [-0.05, 0) is 93.2 Å². The molecule has 5 heteroatoms. The van der Waals surface area contributed by atoms with Crippen LogP contribution in [0.4, 0.5) is 0 Å². The van der Waals surface area contributed by atoms with Crippen molar-refractivity contribution in [3.63, 3.8) is 0 Å². The Hall–Kier alpha value is -2.69. The van der Waals surface area contributed by atoms with Gasteiger partial charge in [0, 0.05) is 12.8 Å². The topological polar surface area (TPSA) is 65.0 Å². The molecule has 0 aliphatic heterocycles. The molecule has 211 valence electrons. The highest BCUT2D eigenvalue weighted by atomic mass is 16.5. The predicted molar refractivity (Wildman–Crippen MR) is 155 cm³/mol. The Morgan fingerprint density at radius 2 is 1.13 bits per heavy atom. The summed E-state index contributed by atoms with van der Waals surface area (Å²) in [6, 6.07) is 11.1. The molecule has 0 unspecified atom stereocenters. The molecule has 2 aromatic carbocycles. The van der Waals surface area contributed by atoms with Crippen LogP contribution >= 0.6 is 0 Å². The van der Waals surface area contributed by atoms with Crippen molar-refractivity contribution in [2.24, 2.45) is 0 Å². The van der Waals surface area contributed by atoms with E-state index < -0.39 is 0 Å². The van der Waals surface area contributed by atoms with Crippen LogP contribution in [0.1, 0.15) is 112 Å². The van der Waals surface area contributed by atoms with E-state index >= 15 is 0 Å². The van der Waals surface area contributed by atoms with Gasteiger partial charge in [-0.25, -0.2) is 0 Å². The molecule has 38 heavy (non-hydrogen) atoms. The third-order valence-corrected chi connectivity index (χ3v) is 5.77. The van der Waals surface area contributed by atoms with Crippen molar-refractivity contribution in [3.05, 3.63) is 52.6 Å². The molecule has 0 saturated heterocycles. The summed E-state index contributed by atoms with van der Waals surface area (Å²) in [7, 11) is 0. The first kappa shape index (κ1) is 31.5. The Labute approximate surface area is 230 Å². The average Bonchev–Trinajstić information content (AvgIpc) is 2.68. The van der Waals surface area contributed by atoms with E-state index in [1.807, 2.05) is 65.8 Å². The minimum absolute atomic E-state index is 0.209. The second-order valence-corrected chi connectivity index (χ2v) is 14.2. The van der Waals surface area contributed by atoms with Crippen molar-refractivity contribution >= 4 is 5.97 Å². The highest BCUT2D eigenvalue weighted by molar-refractivity contribution is 5.69. The van der Waals surface area contributed by atoms with Crippen molar-refractivity contribution in [1.29, 1.82) is 0 Å². The van der Waals surface area contributed by atoms with Gasteiger partial charge in [-0.15, -0.1) is 0 Å². The van der Waals surface area contributed by atoms with Crippen LogP contribution in [0.15, 0.2) is 24.3 Å². The number of carbonyl (C=O) groups is 1. The molecular formula is C33H49O5. The van der Waals surface area contributed by atoms with E-state index in [2.05, 4.69) is 47.6 Å². The lowest BCUT2D eigenvalue weighted by atomic mass is 9.78. The molecule has 1 N–H and O–H groups in total. The number of ether oxygens (including phenoxy) is 3. The molecular weight excluding hydrogens is 476 g/mol. The van der Waals surface area contributed by atoms with Crippen LogP contribution in [0.2, 0.25) is 0 Å². The zero-order valence-corrected chi connectivity index (χ0v) is 25.7. The maximum absolute atomic E-state index is 12.6. The molecule has 0 fully saturated rings. The molecule has 0 atom stereocenters. The summed E-state index contributed by atoms with van der Waals surface area (Å²) in [5, 5.41) is 10.9. The number of phenols is 1. The third kappa shape index (κ3) is 10.2. The molecule has 1 radical (unpaired) electrons. The fourth-order valence-electron chi connectivity index (χ4n) is 4.07. The molecule has 5 nitrogen and oxygen atoms in total. The Kier molecular flexibility index (Phi) is 9.62. The Balaban J connectivity index is 2.08. The van der Waals surface area contributed by atoms with Crippen LogP contribution in [0.3, 0.4) is 0 Å². The van der Waals surface area contributed by atoms with E-state index in [4.69, 9.17) is 14.2 Å². The Morgan fingerprint density at radius 1 is 0.711 bits per heavy atom. The lowest BCUT2D eigenvalue weighted by Crippen LogP contribution is -2.24. The molecule has 2 aromatic rings. The van der Waals surface area contributed by atoms with Crippen LogP contribution in [0.25, 0.3) is 0 Å². The molecule has 0 spiro atoms. The number of hydrogen-bond acceptors (Lipinski definition) is 5. The SMILES string of the molecule is CC(C)(C)Oc1[c]c(OC(C)(C)C)cc(CCOC(=O)CCc2cc(C(C)(C)C)c(O)c(C(C)(C)C)c2)c1. The third-order valence-electron chi connectivity index (χ3n) is 5.77. The Morgan fingerprint density at radius 3 is 1.53 bits per heavy atom. The van der Waals surface area contributed by atoms with Gasteiger partial charge >= 0.3 is 5.97 Å². The monoisotopic (exact) mass is 525 g/mol. The number of benzene rings is 2. The van der Waals surface area contributed by atoms with Gasteiger partial charge in [0.15, 0.2) is 0 Å². The van der Waals surface area contributed by atoms with Gasteiger partial charge in [-0.3, -0.25) is 4.79 Å². The average molecular weight is 526 g/mol. The molecule has 0 saturated carbocycles. The number of phenolic OH excluding ortho intramolecular Hbond substituents is 1. The van der Waals surface area contributed by atoms with Crippen molar-refractivity contribution in [2.75, 3.05) is 6.61 Å². The van der Waals surface area contributed by atoms with E-state index in [0.29, 0.717) is 30.1 Å². The fraction of sp³-hybridized carbons (Fsp3) is 0.606. The zero-order chi connectivity index (χ0) is 29.1. The first-order valence-electron chi connectivity index (χ1n) is 13.6. The number of aromatic hydroxyl groups is 1. The second-order valence-electron chi connectivity index (χ2n) is 14.2. The minimum Gasteiger partial charge on any atom is -0.507 e. The molecule has 0 amide bonds. The molecule has 0 aromatic heterocycles. The molecule has 0 aliphatic carbocycles. The van der Waals surface area contributed by atoms with Crippen molar-refractivity contribution in [3.8, 4) is 17.2 Å². The number of carbonyl (C=O) groups excluding carboxylic acids is 1. The second kappa shape index (κ2) is 11.6. The lowest BCUT2D eigenvalue weighted by Gasteiger charge is -2.28. The summed E-state index contributed by atoms with van der Waals surface area (Å²) >= 11 is 0. The maximum atomic E-state index is 12.6. The maximum Gasteiger partial charge on any atom is 0.306 e. The quantitative estimate of drug-likeness (QED) is 0.355. The van der Waals surface area contributed by atoms with Crippen molar-refractivity contribution in [1.82, 2.24) is 0 Å². The van der Waals surface area contributed by atoms with E-state index in [1.54, 1.807) is 0 Å². The van der Waals surface area contributed by atoms with Gasteiger partial charge in [0.25, 0.3) is 0 Å². The summed E-state index contributed by atoms with van der Waals surface area (Å²) in [6.45, 7) is 24.7. The van der Waals surface area contributed by atoms with Crippen molar-refractivity contribution in [2.45, 2.75) is 124 Å². The zero-order valence-electron chi connectivity index (χ0n) is 25.7. The smallest absolute Gasteiger partial charge is 0.306 e. The van der Waals surface area contributed by atoms with Gasteiger partial charge in [0.2, 0.25) is 0 Å². The minimum atomic E-state index is -0.367. The standard InChI is InChI=1S/C33H49O5/c1-30(2,3)26-19-22(20-27(29(26)35)31(4,5)6)13-14-28(34)36-16-15-23-17-24(37-32(7,8)9)21-25(18-23)38-33(10,11)12/h17-20,35H,13-16H2,1-12H3. The van der Waals surface area contributed by atoms with Gasteiger partial charge in [0.1, 0.15) is 28.5 Å². The summed E-state index contributed by atoms with van der Waals surface area (Å²) in [5.74, 6) is 1.32. The normalized spacial score (nSPS) is 12.8. The van der Waals surface area contributed by atoms with Crippen LogP contribution in [-0.2, 0) is 33.2 Å².